The lowest BCUT2D eigenvalue weighted by Gasteiger charge is -2.22. The highest BCUT2D eigenvalue weighted by molar-refractivity contribution is 5.85. The van der Waals surface area contributed by atoms with Gasteiger partial charge in [0.1, 0.15) is 0 Å². The van der Waals surface area contributed by atoms with Crippen molar-refractivity contribution in [3.8, 4) is 0 Å². The van der Waals surface area contributed by atoms with Gasteiger partial charge in [0.2, 0.25) is 0 Å². The molecule has 114 valence electrons. The van der Waals surface area contributed by atoms with E-state index in [0.29, 0.717) is 6.61 Å². The standard InChI is InChI=1S/C19H22N2O/c1-13-5-7-17(20-3)10-19(13)21-11-16-9-15(12-22-4)6-8-18(16)14(21)2/h5-10,20H,2,11-12H2,1,3-4H3. The summed E-state index contributed by atoms with van der Waals surface area (Å²) in [6.07, 6.45) is 0. The summed E-state index contributed by atoms with van der Waals surface area (Å²) in [5.41, 5.74) is 8.39. The molecule has 1 aliphatic heterocycles. The molecule has 0 fully saturated rings. The zero-order valence-corrected chi connectivity index (χ0v) is 13.4. The second-order valence-corrected chi connectivity index (χ2v) is 5.71. The van der Waals surface area contributed by atoms with Crippen molar-refractivity contribution in [1.29, 1.82) is 0 Å². The first-order valence-corrected chi connectivity index (χ1v) is 7.50. The largest absolute Gasteiger partial charge is 0.388 e. The molecular weight excluding hydrogens is 272 g/mol. The highest BCUT2D eigenvalue weighted by Crippen LogP contribution is 2.38. The summed E-state index contributed by atoms with van der Waals surface area (Å²) < 4.78 is 5.23. The predicted octanol–water partition coefficient (Wildman–Crippen LogP) is 4.17. The molecule has 0 amide bonds. The lowest BCUT2D eigenvalue weighted by Crippen LogP contribution is -2.14. The van der Waals surface area contributed by atoms with Gasteiger partial charge >= 0.3 is 0 Å². The Bertz CT molecular complexity index is 721. The van der Waals surface area contributed by atoms with Gasteiger partial charge in [0.15, 0.2) is 0 Å². The van der Waals surface area contributed by atoms with Crippen LogP contribution in [0.1, 0.15) is 22.3 Å². The highest BCUT2D eigenvalue weighted by Gasteiger charge is 2.24. The molecule has 0 radical (unpaired) electrons. The van der Waals surface area contributed by atoms with E-state index in [2.05, 4.69) is 60.1 Å². The normalized spacial score (nSPS) is 13.4. The Morgan fingerprint density at radius 1 is 1.23 bits per heavy atom. The van der Waals surface area contributed by atoms with Crippen LogP contribution in [0.3, 0.4) is 0 Å². The summed E-state index contributed by atoms with van der Waals surface area (Å²) in [4.78, 5) is 2.29. The summed E-state index contributed by atoms with van der Waals surface area (Å²) in [6, 6.07) is 12.9. The van der Waals surface area contributed by atoms with Crippen LogP contribution in [-0.4, -0.2) is 14.2 Å². The fourth-order valence-corrected chi connectivity index (χ4v) is 3.01. The number of nitrogens with one attached hydrogen (secondary N) is 1. The fourth-order valence-electron chi connectivity index (χ4n) is 3.01. The molecule has 22 heavy (non-hydrogen) atoms. The topological polar surface area (TPSA) is 24.5 Å². The minimum absolute atomic E-state index is 0.647. The first-order chi connectivity index (χ1) is 10.6. The second-order valence-electron chi connectivity index (χ2n) is 5.71. The van der Waals surface area contributed by atoms with Crippen molar-refractivity contribution in [3.63, 3.8) is 0 Å². The van der Waals surface area contributed by atoms with Crippen molar-refractivity contribution in [1.82, 2.24) is 0 Å². The first kappa shape index (κ1) is 14.7. The van der Waals surface area contributed by atoms with Crippen molar-refractivity contribution in [3.05, 3.63) is 65.2 Å². The summed E-state index contributed by atoms with van der Waals surface area (Å²) in [6.45, 7) is 7.95. The van der Waals surface area contributed by atoms with E-state index in [9.17, 15) is 0 Å². The van der Waals surface area contributed by atoms with Crippen molar-refractivity contribution < 1.29 is 4.74 Å². The Hall–Kier alpha value is -2.26. The van der Waals surface area contributed by atoms with Gasteiger partial charge in [-0.05, 0) is 35.7 Å². The van der Waals surface area contributed by atoms with E-state index in [4.69, 9.17) is 4.74 Å². The van der Waals surface area contributed by atoms with Gasteiger partial charge in [0.05, 0.1) is 6.61 Å². The van der Waals surface area contributed by atoms with E-state index in [0.717, 1.165) is 17.9 Å². The van der Waals surface area contributed by atoms with Crippen LogP contribution in [0, 0.1) is 6.92 Å². The van der Waals surface area contributed by atoms with E-state index in [-0.39, 0.29) is 0 Å². The zero-order valence-electron chi connectivity index (χ0n) is 13.4. The number of ether oxygens (including phenoxy) is 1. The maximum atomic E-state index is 5.23. The zero-order chi connectivity index (χ0) is 15.7. The van der Waals surface area contributed by atoms with Gasteiger partial charge in [-0.15, -0.1) is 0 Å². The molecular formula is C19H22N2O. The maximum Gasteiger partial charge on any atom is 0.0713 e. The molecule has 0 bridgehead atoms. The molecule has 0 aliphatic carbocycles. The number of rotatable bonds is 4. The Morgan fingerprint density at radius 2 is 2.05 bits per heavy atom. The predicted molar refractivity (Wildman–Crippen MR) is 93.1 cm³/mol. The third-order valence-corrected chi connectivity index (χ3v) is 4.23. The number of anilines is 2. The lowest BCUT2D eigenvalue weighted by molar-refractivity contribution is 0.185. The summed E-state index contributed by atoms with van der Waals surface area (Å²) in [5.74, 6) is 0. The SMILES string of the molecule is C=C1c2ccc(COC)cc2CN1c1cc(NC)ccc1C. The second kappa shape index (κ2) is 5.85. The Morgan fingerprint density at radius 3 is 2.77 bits per heavy atom. The molecule has 3 heteroatoms. The van der Waals surface area contributed by atoms with Gasteiger partial charge in [-0.25, -0.2) is 0 Å². The minimum Gasteiger partial charge on any atom is -0.388 e. The van der Waals surface area contributed by atoms with Crippen LogP contribution < -0.4 is 10.2 Å². The third-order valence-electron chi connectivity index (χ3n) is 4.23. The third kappa shape index (κ3) is 2.48. The molecule has 2 aromatic carbocycles. The van der Waals surface area contributed by atoms with Crippen LogP contribution in [0.2, 0.25) is 0 Å². The van der Waals surface area contributed by atoms with Crippen molar-refractivity contribution in [2.24, 2.45) is 0 Å². The fraction of sp³-hybridized carbons (Fsp3) is 0.263. The van der Waals surface area contributed by atoms with E-state index in [1.807, 2.05) is 7.05 Å². The quantitative estimate of drug-likeness (QED) is 0.915. The number of hydrogen-bond acceptors (Lipinski definition) is 3. The molecule has 0 spiro atoms. The van der Waals surface area contributed by atoms with Crippen LogP contribution in [0.5, 0.6) is 0 Å². The summed E-state index contributed by atoms with van der Waals surface area (Å²) in [5, 5.41) is 3.21. The van der Waals surface area contributed by atoms with Gasteiger partial charge in [-0.1, -0.05) is 30.8 Å². The Kier molecular flexibility index (Phi) is 3.90. The van der Waals surface area contributed by atoms with Crippen LogP contribution in [0.4, 0.5) is 11.4 Å². The molecule has 1 heterocycles. The number of fused-ring (bicyclic) bond motifs is 1. The highest BCUT2D eigenvalue weighted by atomic mass is 16.5. The number of aryl methyl sites for hydroxylation is 1. The van der Waals surface area contributed by atoms with E-state index >= 15 is 0 Å². The van der Waals surface area contributed by atoms with E-state index < -0.39 is 0 Å². The smallest absolute Gasteiger partial charge is 0.0713 e. The number of benzene rings is 2. The average molecular weight is 294 g/mol. The molecule has 3 nitrogen and oxygen atoms in total. The lowest BCUT2D eigenvalue weighted by atomic mass is 10.1. The average Bonchev–Trinajstić information content (AvgIpc) is 2.85. The Labute approximate surface area is 132 Å². The summed E-state index contributed by atoms with van der Waals surface area (Å²) >= 11 is 0. The van der Waals surface area contributed by atoms with Crippen LogP contribution in [0.25, 0.3) is 5.70 Å². The van der Waals surface area contributed by atoms with Gasteiger partial charge in [-0.2, -0.15) is 0 Å². The first-order valence-electron chi connectivity index (χ1n) is 7.50. The maximum absolute atomic E-state index is 5.23. The molecule has 1 aliphatic rings. The number of methoxy groups -OCH3 is 1. The van der Waals surface area contributed by atoms with Crippen LogP contribution in [-0.2, 0) is 17.9 Å². The molecule has 0 atom stereocenters. The van der Waals surface area contributed by atoms with E-state index in [1.54, 1.807) is 7.11 Å². The molecule has 1 N–H and O–H groups in total. The van der Waals surface area contributed by atoms with Crippen molar-refractivity contribution in [2.75, 3.05) is 24.4 Å². The van der Waals surface area contributed by atoms with Gasteiger partial charge in [-0.3, -0.25) is 0 Å². The molecule has 2 aromatic rings. The van der Waals surface area contributed by atoms with E-state index in [1.165, 1.54) is 27.9 Å². The molecule has 0 aromatic heterocycles. The molecule has 0 saturated heterocycles. The van der Waals surface area contributed by atoms with Gasteiger partial charge in [0, 0.05) is 43.3 Å². The Balaban J connectivity index is 1.97. The van der Waals surface area contributed by atoms with Crippen molar-refractivity contribution >= 4 is 17.1 Å². The van der Waals surface area contributed by atoms with Gasteiger partial charge in [0.25, 0.3) is 0 Å². The number of hydrogen-bond donors (Lipinski definition) is 1. The molecule has 0 saturated carbocycles. The molecule has 0 unspecified atom stereocenters. The monoisotopic (exact) mass is 294 g/mol. The van der Waals surface area contributed by atoms with Crippen LogP contribution >= 0.6 is 0 Å². The summed E-state index contributed by atoms with van der Waals surface area (Å²) in [7, 11) is 3.67. The van der Waals surface area contributed by atoms with Gasteiger partial charge < -0.3 is 15.0 Å². The number of nitrogens with zero attached hydrogens (tertiary/aromatic N) is 1. The van der Waals surface area contributed by atoms with Crippen molar-refractivity contribution in [2.45, 2.75) is 20.1 Å². The minimum atomic E-state index is 0.647. The van der Waals surface area contributed by atoms with Crippen LogP contribution in [0.15, 0.2) is 43.0 Å². The molecule has 3 rings (SSSR count).